The van der Waals surface area contributed by atoms with Crippen LogP contribution in [-0.4, -0.2) is 0 Å². The summed E-state index contributed by atoms with van der Waals surface area (Å²) in [5.74, 6) is 0. The van der Waals surface area contributed by atoms with Gasteiger partial charge in [0.25, 0.3) is 0 Å². The Hall–Kier alpha value is -0.520. The lowest BCUT2D eigenvalue weighted by Crippen LogP contribution is -1.76. The van der Waals surface area contributed by atoms with Crippen molar-refractivity contribution in [2.75, 3.05) is 0 Å². The number of allylic oxidation sites excluding steroid dienone is 4. The smallest absolute Gasteiger partial charge is 0.0136 e. The van der Waals surface area contributed by atoms with E-state index in [-0.39, 0.29) is 0 Å². The van der Waals surface area contributed by atoms with E-state index in [1.165, 1.54) is 25.7 Å². The van der Waals surface area contributed by atoms with E-state index in [4.69, 9.17) is 0 Å². The van der Waals surface area contributed by atoms with Gasteiger partial charge in [-0.1, -0.05) is 23.3 Å². The molecular weight excluding hydrogens is 120 g/mol. The molecule has 0 aromatic heterocycles. The number of hydrogen-bond acceptors (Lipinski definition) is 0. The van der Waals surface area contributed by atoms with E-state index in [1.54, 1.807) is 11.1 Å². The van der Waals surface area contributed by atoms with E-state index in [0.717, 1.165) is 0 Å². The molecule has 0 radical (unpaired) electrons. The van der Waals surface area contributed by atoms with Gasteiger partial charge in [0.05, 0.1) is 0 Å². The van der Waals surface area contributed by atoms with Crippen molar-refractivity contribution >= 4 is 0 Å². The van der Waals surface area contributed by atoms with Crippen molar-refractivity contribution in [1.29, 1.82) is 0 Å². The van der Waals surface area contributed by atoms with Gasteiger partial charge in [-0.25, -0.2) is 0 Å². The molecule has 0 amide bonds. The summed E-state index contributed by atoms with van der Waals surface area (Å²) in [6, 6.07) is 0. The third kappa shape index (κ3) is 1.73. The van der Waals surface area contributed by atoms with Crippen molar-refractivity contribution in [1.82, 2.24) is 0 Å². The minimum Gasteiger partial charge on any atom is -0.0913 e. The monoisotopic (exact) mass is 136 g/mol. The van der Waals surface area contributed by atoms with Crippen LogP contribution in [0.3, 0.4) is 0 Å². The third-order valence-corrected chi connectivity index (χ3v) is 2.23. The fourth-order valence-electron chi connectivity index (χ4n) is 1.49. The third-order valence-electron chi connectivity index (χ3n) is 2.23. The van der Waals surface area contributed by atoms with E-state index in [0.29, 0.717) is 0 Å². The van der Waals surface area contributed by atoms with Crippen LogP contribution in [-0.2, 0) is 0 Å². The van der Waals surface area contributed by atoms with E-state index < -0.39 is 0 Å². The summed E-state index contributed by atoms with van der Waals surface area (Å²) in [5.41, 5.74) is 3.32. The minimum absolute atomic E-state index is 1.20. The average molecular weight is 136 g/mol. The van der Waals surface area contributed by atoms with Gasteiger partial charge in [0.2, 0.25) is 0 Å². The maximum atomic E-state index is 2.27. The summed E-state index contributed by atoms with van der Waals surface area (Å²) in [6.07, 6.45) is 9.66. The summed E-state index contributed by atoms with van der Waals surface area (Å²) in [6.45, 7) is 4.36. The van der Waals surface area contributed by atoms with Gasteiger partial charge < -0.3 is 0 Å². The first kappa shape index (κ1) is 7.59. The van der Waals surface area contributed by atoms with Crippen LogP contribution >= 0.6 is 0 Å². The van der Waals surface area contributed by atoms with Gasteiger partial charge in [0, 0.05) is 0 Å². The van der Waals surface area contributed by atoms with Crippen molar-refractivity contribution in [2.24, 2.45) is 0 Å². The Bertz CT molecular complexity index is 161. The zero-order valence-electron chi connectivity index (χ0n) is 6.98. The second kappa shape index (κ2) is 3.60. The van der Waals surface area contributed by atoms with Crippen LogP contribution in [0.5, 0.6) is 0 Å². The Balaban J connectivity index is 2.46. The van der Waals surface area contributed by atoms with Crippen LogP contribution in [0.4, 0.5) is 0 Å². The molecule has 0 heteroatoms. The van der Waals surface area contributed by atoms with Crippen LogP contribution in [0, 0.1) is 0 Å². The largest absolute Gasteiger partial charge is 0.0913 e. The zero-order valence-corrected chi connectivity index (χ0v) is 6.98. The second-order valence-electron chi connectivity index (χ2n) is 3.01. The van der Waals surface area contributed by atoms with Gasteiger partial charge in [0.15, 0.2) is 0 Å². The molecule has 10 heavy (non-hydrogen) atoms. The molecule has 0 fully saturated rings. The van der Waals surface area contributed by atoms with E-state index in [1.807, 2.05) is 0 Å². The lowest BCUT2D eigenvalue weighted by atomic mass is 10.1. The Kier molecular flexibility index (Phi) is 2.73. The highest BCUT2D eigenvalue weighted by atomic mass is 14.1. The molecule has 0 spiro atoms. The average Bonchev–Trinajstić information content (AvgIpc) is 2.31. The summed E-state index contributed by atoms with van der Waals surface area (Å²) < 4.78 is 0. The van der Waals surface area contributed by atoms with Gasteiger partial charge >= 0.3 is 0 Å². The summed E-state index contributed by atoms with van der Waals surface area (Å²) in [7, 11) is 0. The molecule has 1 aliphatic carbocycles. The Labute approximate surface area is 63.6 Å². The molecule has 0 aromatic rings. The fourth-order valence-corrected chi connectivity index (χ4v) is 1.49. The predicted octanol–water partition coefficient (Wildman–Crippen LogP) is 3.45. The summed E-state index contributed by atoms with van der Waals surface area (Å²) in [5, 5.41) is 0. The van der Waals surface area contributed by atoms with Crippen molar-refractivity contribution in [3.8, 4) is 0 Å². The van der Waals surface area contributed by atoms with Gasteiger partial charge in [0.1, 0.15) is 0 Å². The van der Waals surface area contributed by atoms with Gasteiger partial charge in [-0.05, 0) is 39.5 Å². The lowest BCUT2D eigenvalue weighted by molar-refractivity contribution is 0.884. The van der Waals surface area contributed by atoms with Gasteiger partial charge in [-0.2, -0.15) is 0 Å². The van der Waals surface area contributed by atoms with Gasteiger partial charge in [-0.15, -0.1) is 0 Å². The predicted molar refractivity (Wildman–Crippen MR) is 46.0 cm³/mol. The molecule has 56 valence electrons. The Morgan fingerprint density at radius 3 is 2.70 bits per heavy atom. The fraction of sp³-hybridized carbons (Fsp3) is 0.600. The van der Waals surface area contributed by atoms with Crippen LogP contribution < -0.4 is 0 Å². The SMILES string of the molecule is CC=CCC1=C(C)CCC1. The lowest BCUT2D eigenvalue weighted by Gasteiger charge is -1.96. The molecule has 0 atom stereocenters. The van der Waals surface area contributed by atoms with Gasteiger partial charge in [-0.3, -0.25) is 0 Å². The first-order valence-corrected chi connectivity index (χ1v) is 4.13. The molecule has 0 saturated carbocycles. The maximum Gasteiger partial charge on any atom is -0.0136 e. The highest BCUT2D eigenvalue weighted by Crippen LogP contribution is 2.27. The van der Waals surface area contributed by atoms with Crippen molar-refractivity contribution < 1.29 is 0 Å². The number of hydrogen-bond donors (Lipinski definition) is 0. The standard InChI is InChI=1S/C10H16/c1-3-4-7-10-8-5-6-9(10)2/h3-4H,5-8H2,1-2H3. The van der Waals surface area contributed by atoms with Crippen LogP contribution in [0.15, 0.2) is 23.3 Å². The summed E-state index contributed by atoms with van der Waals surface area (Å²) >= 11 is 0. The van der Waals surface area contributed by atoms with Crippen molar-refractivity contribution in [3.63, 3.8) is 0 Å². The topological polar surface area (TPSA) is 0 Å². The molecule has 1 aliphatic rings. The van der Waals surface area contributed by atoms with Crippen LogP contribution in [0.2, 0.25) is 0 Å². The zero-order chi connectivity index (χ0) is 7.40. The van der Waals surface area contributed by atoms with E-state index in [2.05, 4.69) is 26.0 Å². The maximum absolute atomic E-state index is 2.27. The molecule has 0 aliphatic heterocycles. The molecule has 0 nitrogen and oxygen atoms in total. The molecule has 1 rings (SSSR count). The number of rotatable bonds is 2. The van der Waals surface area contributed by atoms with Crippen LogP contribution in [0.25, 0.3) is 0 Å². The van der Waals surface area contributed by atoms with E-state index >= 15 is 0 Å². The molecule has 0 unspecified atom stereocenters. The molecule has 0 heterocycles. The molecule has 0 aromatic carbocycles. The van der Waals surface area contributed by atoms with Crippen molar-refractivity contribution in [3.05, 3.63) is 23.3 Å². The highest BCUT2D eigenvalue weighted by Gasteiger charge is 2.07. The second-order valence-corrected chi connectivity index (χ2v) is 3.01. The van der Waals surface area contributed by atoms with Crippen molar-refractivity contribution in [2.45, 2.75) is 39.5 Å². The highest BCUT2D eigenvalue weighted by molar-refractivity contribution is 5.19. The normalized spacial score (nSPS) is 19.4. The quantitative estimate of drug-likeness (QED) is 0.510. The first-order chi connectivity index (χ1) is 4.84. The molecule has 0 N–H and O–H groups in total. The molecule has 0 saturated heterocycles. The molecular formula is C10H16. The Morgan fingerprint density at radius 1 is 1.40 bits per heavy atom. The van der Waals surface area contributed by atoms with Crippen LogP contribution in [0.1, 0.15) is 39.5 Å². The minimum atomic E-state index is 1.20. The first-order valence-electron chi connectivity index (χ1n) is 4.13. The summed E-state index contributed by atoms with van der Waals surface area (Å²) in [4.78, 5) is 0. The molecule has 0 bridgehead atoms. The Morgan fingerprint density at radius 2 is 2.20 bits per heavy atom. The van der Waals surface area contributed by atoms with E-state index in [9.17, 15) is 0 Å².